The molecule has 2 aromatic carbocycles. The van der Waals surface area contributed by atoms with Crippen LogP contribution in [0.5, 0.6) is 11.5 Å². The molecule has 0 atom stereocenters. The molecule has 0 saturated heterocycles. The third-order valence-corrected chi connectivity index (χ3v) is 3.33. The molecule has 0 saturated carbocycles. The molecule has 0 aromatic heterocycles. The highest BCUT2D eigenvalue weighted by molar-refractivity contribution is 5.89. The molecule has 0 N–H and O–H groups in total. The molecule has 26 heavy (non-hydrogen) atoms. The average Bonchev–Trinajstić information content (AvgIpc) is 2.67. The molecule has 0 aliphatic rings. The number of carbonyl (C=O) groups excluding carboxylic acids is 2. The molecule has 0 aliphatic carbocycles. The molecule has 0 radical (unpaired) electrons. The summed E-state index contributed by atoms with van der Waals surface area (Å²) in [6.45, 7) is 7.43. The zero-order valence-corrected chi connectivity index (χ0v) is 14.3. The normalized spacial score (nSPS) is 10.0. The number of carbonyl (C=O) groups is 2. The Kier molecular flexibility index (Phi) is 7.24. The van der Waals surface area contributed by atoms with Crippen LogP contribution < -0.4 is 9.47 Å². The minimum absolute atomic E-state index is 0.145. The van der Waals surface area contributed by atoms with E-state index in [1.807, 2.05) is 36.4 Å². The SMILES string of the molecule is C=CC(=O)OCCOc1ccc2c(OCCOC(=O)C=C)cccc2c1. The Balaban J connectivity index is 1.93. The Morgan fingerprint density at radius 1 is 0.846 bits per heavy atom. The second-order valence-corrected chi connectivity index (χ2v) is 5.08. The van der Waals surface area contributed by atoms with Gasteiger partial charge in [0.25, 0.3) is 0 Å². The average molecular weight is 356 g/mol. The monoisotopic (exact) mass is 356 g/mol. The Morgan fingerprint density at radius 3 is 2.15 bits per heavy atom. The lowest BCUT2D eigenvalue weighted by atomic mass is 10.1. The van der Waals surface area contributed by atoms with Crippen LogP contribution >= 0.6 is 0 Å². The second-order valence-electron chi connectivity index (χ2n) is 5.08. The molecular weight excluding hydrogens is 336 g/mol. The molecule has 136 valence electrons. The highest BCUT2D eigenvalue weighted by Crippen LogP contribution is 2.28. The van der Waals surface area contributed by atoms with Gasteiger partial charge in [0.2, 0.25) is 0 Å². The lowest BCUT2D eigenvalue weighted by Gasteiger charge is -2.11. The van der Waals surface area contributed by atoms with Gasteiger partial charge in [-0.3, -0.25) is 0 Å². The van der Waals surface area contributed by atoms with Crippen LogP contribution in [0.15, 0.2) is 61.7 Å². The summed E-state index contributed by atoms with van der Waals surface area (Å²) in [5.74, 6) is 0.382. The Bertz CT molecular complexity index is 796. The van der Waals surface area contributed by atoms with Crippen LogP contribution in [0, 0.1) is 0 Å². The number of hydrogen-bond acceptors (Lipinski definition) is 6. The predicted octanol–water partition coefficient (Wildman–Crippen LogP) is 3.06. The first-order chi connectivity index (χ1) is 12.6. The molecule has 0 heterocycles. The minimum atomic E-state index is -0.480. The van der Waals surface area contributed by atoms with Crippen molar-refractivity contribution < 1.29 is 28.5 Å². The second kappa shape index (κ2) is 9.88. The van der Waals surface area contributed by atoms with Crippen LogP contribution in [-0.2, 0) is 19.1 Å². The third kappa shape index (κ3) is 5.66. The molecule has 2 rings (SSSR count). The van der Waals surface area contributed by atoms with Crippen molar-refractivity contribution in [2.75, 3.05) is 26.4 Å². The van der Waals surface area contributed by atoms with E-state index in [4.69, 9.17) is 18.9 Å². The van der Waals surface area contributed by atoms with Gasteiger partial charge in [-0.2, -0.15) is 0 Å². The molecule has 6 nitrogen and oxygen atoms in total. The lowest BCUT2D eigenvalue weighted by Crippen LogP contribution is -2.10. The van der Waals surface area contributed by atoms with E-state index >= 15 is 0 Å². The van der Waals surface area contributed by atoms with E-state index in [1.54, 1.807) is 0 Å². The van der Waals surface area contributed by atoms with Crippen molar-refractivity contribution in [3.05, 3.63) is 61.7 Å². The van der Waals surface area contributed by atoms with Crippen molar-refractivity contribution in [3.8, 4) is 11.5 Å². The largest absolute Gasteiger partial charge is 0.490 e. The van der Waals surface area contributed by atoms with Gasteiger partial charge >= 0.3 is 11.9 Å². The Hall–Kier alpha value is -3.28. The number of hydrogen-bond donors (Lipinski definition) is 0. The topological polar surface area (TPSA) is 71.1 Å². The molecule has 0 unspecified atom stereocenters. The molecule has 0 aliphatic heterocycles. The molecular formula is C20H20O6. The summed E-state index contributed by atoms with van der Waals surface area (Å²) in [6.07, 6.45) is 2.22. The quantitative estimate of drug-likeness (QED) is 0.370. The van der Waals surface area contributed by atoms with Gasteiger partial charge in [-0.15, -0.1) is 0 Å². The molecule has 0 bridgehead atoms. The van der Waals surface area contributed by atoms with Gasteiger partial charge in [-0.1, -0.05) is 25.3 Å². The number of ether oxygens (including phenoxy) is 4. The number of benzene rings is 2. The van der Waals surface area contributed by atoms with Crippen LogP contribution in [0.3, 0.4) is 0 Å². The van der Waals surface area contributed by atoms with Crippen LogP contribution in [0.1, 0.15) is 0 Å². The maximum atomic E-state index is 11.0. The van der Waals surface area contributed by atoms with Gasteiger partial charge in [0.05, 0.1) is 0 Å². The summed E-state index contributed by atoms with van der Waals surface area (Å²) >= 11 is 0. The van der Waals surface area contributed by atoms with E-state index in [-0.39, 0.29) is 26.4 Å². The standard InChI is InChI=1S/C20H20O6/c1-3-19(21)25-12-10-23-16-8-9-17-15(14-16)6-5-7-18(17)24-11-13-26-20(22)4-2/h3-9,14H,1-2,10-13H2. The minimum Gasteiger partial charge on any atom is -0.490 e. The van der Waals surface area contributed by atoms with Gasteiger partial charge in [0.15, 0.2) is 0 Å². The van der Waals surface area contributed by atoms with Crippen molar-refractivity contribution in [3.63, 3.8) is 0 Å². The molecule has 0 amide bonds. The maximum absolute atomic E-state index is 11.0. The van der Waals surface area contributed by atoms with E-state index in [1.165, 1.54) is 0 Å². The summed E-state index contributed by atoms with van der Waals surface area (Å²) in [4.78, 5) is 21.9. The fourth-order valence-electron chi connectivity index (χ4n) is 2.16. The first-order valence-electron chi connectivity index (χ1n) is 8.01. The van der Waals surface area contributed by atoms with E-state index in [9.17, 15) is 9.59 Å². The summed E-state index contributed by atoms with van der Waals surface area (Å²) in [6, 6.07) is 11.2. The van der Waals surface area contributed by atoms with Crippen molar-refractivity contribution in [1.82, 2.24) is 0 Å². The predicted molar refractivity (Wildman–Crippen MR) is 97.3 cm³/mol. The van der Waals surface area contributed by atoms with Crippen LogP contribution in [0.2, 0.25) is 0 Å². The summed E-state index contributed by atoms with van der Waals surface area (Å²) in [7, 11) is 0. The molecule has 0 fully saturated rings. The van der Waals surface area contributed by atoms with Crippen molar-refractivity contribution >= 4 is 22.7 Å². The van der Waals surface area contributed by atoms with Crippen LogP contribution in [0.4, 0.5) is 0 Å². The van der Waals surface area contributed by atoms with E-state index in [2.05, 4.69) is 13.2 Å². The summed E-state index contributed by atoms with van der Waals surface area (Å²) in [5.41, 5.74) is 0. The Labute approximate surface area is 151 Å². The van der Waals surface area contributed by atoms with Gasteiger partial charge in [-0.25, -0.2) is 9.59 Å². The number of rotatable bonds is 10. The van der Waals surface area contributed by atoms with Crippen LogP contribution in [-0.4, -0.2) is 38.4 Å². The van der Waals surface area contributed by atoms with Crippen molar-refractivity contribution in [1.29, 1.82) is 0 Å². The highest BCUT2D eigenvalue weighted by atomic mass is 16.6. The Morgan fingerprint density at radius 2 is 1.50 bits per heavy atom. The number of fused-ring (bicyclic) bond motifs is 1. The van der Waals surface area contributed by atoms with Gasteiger partial charge in [-0.05, 0) is 29.7 Å². The van der Waals surface area contributed by atoms with Crippen molar-refractivity contribution in [2.45, 2.75) is 0 Å². The molecule has 0 spiro atoms. The van der Waals surface area contributed by atoms with Gasteiger partial charge in [0.1, 0.15) is 37.9 Å². The highest BCUT2D eigenvalue weighted by Gasteiger charge is 2.05. The third-order valence-electron chi connectivity index (χ3n) is 3.33. The molecule has 6 heteroatoms. The van der Waals surface area contributed by atoms with Crippen molar-refractivity contribution in [2.24, 2.45) is 0 Å². The number of esters is 2. The van der Waals surface area contributed by atoms with E-state index < -0.39 is 11.9 Å². The lowest BCUT2D eigenvalue weighted by molar-refractivity contribution is -0.139. The first-order valence-corrected chi connectivity index (χ1v) is 8.01. The fourth-order valence-corrected chi connectivity index (χ4v) is 2.16. The smallest absolute Gasteiger partial charge is 0.330 e. The first kappa shape index (κ1) is 19.1. The van der Waals surface area contributed by atoms with Crippen LogP contribution in [0.25, 0.3) is 10.8 Å². The fraction of sp³-hybridized carbons (Fsp3) is 0.200. The molecule has 2 aromatic rings. The van der Waals surface area contributed by atoms with Gasteiger partial charge in [0, 0.05) is 17.5 Å². The van der Waals surface area contributed by atoms with E-state index in [0.29, 0.717) is 11.5 Å². The summed E-state index contributed by atoms with van der Waals surface area (Å²) in [5, 5.41) is 1.85. The zero-order valence-electron chi connectivity index (χ0n) is 14.3. The zero-order chi connectivity index (χ0) is 18.8. The maximum Gasteiger partial charge on any atom is 0.330 e. The van der Waals surface area contributed by atoms with Gasteiger partial charge < -0.3 is 18.9 Å². The van der Waals surface area contributed by atoms with E-state index in [0.717, 1.165) is 22.9 Å². The summed E-state index contributed by atoms with van der Waals surface area (Å²) < 4.78 is 21.0.